The number of aliphatic carboxylic acids is 1. The molecule has 0 heterocycles. The predicted octanol–water partition coefficient (Wildman–Crippen LogP) is 2.20. The van der Waals surface area contributed by atoms with Gasteiger partial charge in [0.2, 0.25) is 5.91 Å². The summed E-state index contributed by atoms with van der Waals surface area (Å²) < 4.78 is 5.48. The van der Waals surface area contributed by atoms with Gasteiger partial charge in [-0.3, -0.25) is 9.59 Å². The van der Waals surface area contributed by atoms with Crippen LogP contribution in [-0.4, -0.2) is 35.7 Å². The molecule has 1 amide bonds. The average molecular weight is 273 g/mol. The summed E-state index contributed by atoms with van der Waals surface area (Å²) in [6.07, 6.45) is 0.903. The van der Waals surface area contributed by atoms with E-state index in [0.717, 1.165) is 0 Å². The molecule has 0 aromatic heterocycles. The molecule has 0 atom stereocenters. The third-order valence-corrected chi connectivity index (χ3v) is 3.55. The van der Waals surface area contributed by atoms with Crippen molar-refractivity contribution in [2.75, 3.05) is 13.2 Å². The van der Waals surface area contributed by atoms with E-state index in [0.29, 0.717) is 26.0 Å². The first-order chi connectivity index (χ1) is 8.73. The van der Waals surface area contributed by atoms with E-state index in [2.05, 4.69) is 5.32 Å². The molecule has 19 heavy (non-hydrogen) atoms. The summed E-state index contributed by atoms with van der Waals surface area (Å²) >= 11 is 0. The minimum atomic E-state index is -0.958. The van der Waals surface area contributed by atoms with Crippen LogP contribution in [0.4, 0.5) is 0 Å². The number of carbonyl (C=O) groups excluding carboxylic acids is 1. The Kier molecular flexibility index (Phi) is 7.05. The van der Waals surface area contributed by atoms with Crippen molar-refractivity contribution < 1.29 is 19.4 Å². The molecule has 0 aliphatic carbocycles. The van der Waals surface area contributed by atoms with Gasteiger partial charge in [0.05, 0.1) is 11.0 Å². The summed E-state index contributed by atoms with van der Waals surface area (Å²) in [7, 11) is 0. The number of ether oxygens (including phenoxy) is 1. The Balaban J connectivity index is 4.49. The summed E-state index contributed by atoms with van der Waals surface area (Å²) in [5, 5.41) is 12.0. The van der Waals surface area contributed by atoms with Crippen molar-refractivity contribution in [3.63, 3.8) is 0 Å². The highest BCUT2D eigenvalue weighted by molar-refractivity contribution is 5.84. The molecule has 0 spiro atoms. The molecule has 0 fully saturated rings. The second-order valence-corrected chi connectivity index (χ2v) is 5.44. The number of carboxylic acid groups (broad SMARTS) is 1. The molecular formula is C14H27NO4. The monoisotopic (exact) mass is 273 g/mol. The Morgan fingerprint density at radius 2 is 1.68 bits per heavy atom. The van der Waals surface area contributed by atoms with Crippen LogP contribution in [0.15, 0.2) is 0 Å². The molecule has 2 N–H and O–H groups in total. The minimum Gasteiger partial charge on any atom is -0.481 e. The van der Waals surface area contributed by atoms with Crippen LogP contribution >= 0.6 is 0 Å². The van der Waals surface area contributed by atoms with Crippen LogP contribution in [0.3, 0.4) is 0 Å². The molecule has 0 bridgehead atoms. The third kappa shape index (κ3) is 5.59. The molecule has 0 aromatic rings. The number of hydrogen-bond donors (Lipinski definition) is 2. The topological polar surface area (TPSA) is 75.6 Å². The lowest BCUT2D eigenvalue weighted by Crippen LogP contribution is -2.43. The molecule has 0 saturated carbocycles. The van der Waals surface area contributed by atoms with E-state index in [4.69, 9.17) is 4.74 Å². The molecule has 0 aromatic carbocycles. The fourth-order valence-electron chi connectivity index (χ4n) is 2.00. The number of hydrogen-bond acceptors (Lipinski definition) is 3. The highest BCUT2D eigenvalue weighted by Gasteiger charge is 2.37. The van der Waals surface area contributed by atoms with Crippen LogP contribution in [0.5, 0.6) is 0 Å². The summed E-state index contributed by atoms with van der Waals surface area (Å²) in [6.45, 7) is 10.2. The van der Waals surface area contributed by atoms with E-state index >= 15 is 0 Å². The van der Waals surface area contributed by atoms with Gasteiger partial charge in [-0.2, -0.15) is 0 Å². The molecule has 5 nitrogen and oxygen atoms in total. The van der Waals surface area contributed by atoms with Crippen LogP contribution in [0.2, 0.25) is 0 Å². The lowest BCUT2D eigenvalue weighted by molar-refractivity contribution is -0.152. The molecular weight excluding hydrogens is 246 g/mol. The number of carbonyl (C=O) groups is 2. The molecule has 0 aliphatic heterocycles. The van der Waals surface area contributed by atoms with Gasteiger partial charge in [-0.1, -0.05) is 13.8 Å². The van der Waals surface area contributed by atoms with E-state index in [9.17, 15) is 14.7 Å². The number of carboxylic acids is 1. The van der Waals surface area contributed by atoms with Gasteiger partial charge in [-0.25, -0.2) is 0 Å². The quantitative estimate of drug-likeness (QED) is 0.675. The average Bonchev–Trinajstić information content (AvgIpc) is 2.33. The van der Waals surface area contributed by atoms with Crippen molar-refractivity contribution in [2.24, 2.45) is 5.41 Å². The van der Waals surface area contributed by atoms with Gasteiger partial charge < -0.3 is 15.2 Å². The van der Waals surface area contributed by atoms with Gasteiger partial charge >= 0.3 is 5.97 Å². The maximum absolute atomic E-state index is 11.9. The van der Waals surface area contributed by atoms with Crippen LogP contribution in [0.1, 0.15) is 53.9 Å². The normalized spacial score (nSPS) is 12.3. The smallest absolute Gasteiger partial charge is 0.310 e. The van der Waals surface area contributed by atoms with Gasteiger partial charge in [0.15, 0.2) is 0 Å². The van der Waals surface area contributed by atoms with E-state index in [1.54, 1.807) is 13.8 Å². The molecule has 5 heteroatoms. The summed E-state index contributed by atoms with van der Waals surface area (Å²) in [5.74, 6) is -1.14. The second kappa shape index (κ2) is 7.48. The van der Waals surface area contributed by atoms with Crippen LogP contribution in [-0.2, 0) is 14.3 Å². The van der Waals surface area contributed by atoms with Crippen molar-refractivity contribution in [2.45, 2.75) is 59.5 Å². The molecule has 0 unspecified atom stereocenters. The highest BCUT2D eigenvalue weighted by atomic mass is 16.5. The number of nitrogens with one attached hydrogen (secondary N) is 1. The van der Waals surface area contributed by atoms with Gasteiger partial charge in [0.1, 0.15) is 0 Å². The maximum atomic E-state index is 11.9. The van der Waals surface area contributed by atoms with E-state index < -0.39 is 17.0 Å². The zero-order valence-corrected chi connectivity index (χ0v) is 12.7. The second-order valence-electron chi connectivity index (χ2n) is 5.44. The van der Waals surface area contributed by atoms with Gasteiger partial charge in [0, 0.05) is 19.6 Å². The Morgan fingerprint density at radius 3 is 2.05 bits per heavy atom. The van der Waals surface area contributed by atoms with Crippen LogP contribution in [0, 0.1) is 5.41 Å². The van der Waals surface area contributed by atoms with E-state index in [1.807, 2.05) is 20.8 Å². The van der Waals surface area contributed by atoms with Gasteiger partial charge in [-0.05, 0) is 33.6 Å². The third-order valence-electron chi connectivity index (χ3n) is 3.55. The van der Waals surface area contributed by atoms with Crippen molar-refractivity contribution in [1.82, 2.24) is 5.32 Å². The molecule has 0 rings (SSSR count). The summed E-state index contributed by atoms with van der Waals surface area (Å²) in [6, 6.07) is 0. The Bertz CT molecular complexity index is 309. The summed E-state index contributed by atoms with van der Waals surface area (Å²) in [4.78, 5) is 23.2. The first kappa shape index (κ1) is 17.9. The molecule has 0 radical (unpaired) electrons. The fourth-order valence-corrected chi connectivity index (χ4v) is 2.00. The SMILES string of the molecule is CCOC(C)(C)CNC(=O)CC(CC)(CC)C(=O)O. The van der Waals surface area contributed by atoms with Gasteiger partial charge in [-0.15, -0.1) is 0 Å². The van der Waals surface area contributed by atoms with Crippen molar-refractivity contribution in [3.8, 4) is 0 Å². The van der Waals surface area contributed by atoms with Gasteiger partial charge in [0.25, 0.3) is 0 Å². The molecule has 0 saturated heterocycles. The largest absolute Gasteiger partial charge is 0.481 e. The zero-order valence-electron chi connectivity index (χ0n) is 12.7. The Hall–Kier alpha value is -1.10. The number of rotatable bonds is 9. The number of amides is 1. The van der Waals surface area contributed by atoms with Crippen molar-refractivity contribution in [3.05, 3.63) is 0 Å². The summed E-state index contributed by atoms with van der Waals surface area (Å²) in [5.41, 5.74) is -1.39. The maximum Gasteiger partial charge on any atom is 0.310 e. The Labute approximate surface area is 115 Å². The standard InChI is InChI=1S/C14H27NO4/c1-6-14(7-2,12(17)18)9-11(16)15-10-13(4,5)19-8-3/h6-10H2,1-5H3,(H,15,16)(H,17,18). The highest BCUT2D eigenvalue weighted by Crippen LogP contribution is 2.30. The van der Waals surface area contributed by atoms with Crippen LogP contribution in [0.25, 0.3) is 0 Å². The predicted molar refractivity (Wildman–Crippen MR) is 74.0 cm³/mol. The zero-order chi connectivity index (χ0) is 15.1. The minimum absolute atomic E-state index is 0.0114. The first-order valence-electron chi connectivity index (χ1n) is 6.87. The first-order valence-corrected chi connectivity index (χ1v) is 6.87. The Morgan fingerprint density at radius 1 is 1.16 bits per heavy atom. The molecule has 0 aliphatic rings. The lowest BCUT2D eigenvalue weighted by atomic mass is 9.79. The lowest BCUT2D eigenvalue weighted by Gasteiger charge is -2.28. The fraction of sp³-hybridized carbons (Fsp3) is 0.857. The van der Waals surface area contributed by atoms with Crippen molar-refractivity contribution in [1.29, 1.82) is 0 Å². The van der Waals surface area contributed by atoms with Crippen molar-refractivity contribution >= 4 is 11.9 Å². The molecule has 112 valence electrons. The van der Waals surface area contributed by atoms with E-state index in [1.165, 1.54) is 0 Å². The van der Waals surface area contributed by atoms with E-state index in [-0.39, 0.29) is 12.3 Å². The van der Waals surface area contributed by atoms with Crippen LogP contribution < -0.4 is 5.32 Å².